The summed E-state index contributed by atoms with van der Waals surface area (Å²) in [5.41, 5.74) is -0.724. The van der Waals surface area contributed by atoms with Crippen molar-refractivity contribution in [3.8, 4) is 5.88 Å². The van der Waals surface area contributed by atoms with Gasteiger partial charge in [-0.2, -0.15) is 13.2 Å². The molecule has 1 aliphatic rings. The first kappa shape index (κ1) is 13.1. The molecule has 0 radical (unpaired) electrons. The summed E-state index contributed by atoms with van der Waals surface area (Å²) < 4.78 is 42.8. The number of ether oxygens (including phenoxy) is 1. The average Bonchev–Trinajstić information content (AvgIpc) is 2.37. The lowest BCUT2D eigenvalue weighted by atomic mass is 9.99. The summed E-state index contributed by atoms with van der Waals surface area (Å²) in [4.78, 5) is 3.80. The molecule has 100 valence electrons. The van der Waals surface area contributed by atoms with Crippen molar-refractivity contribution < 1.29 is 17.9 Å². The Balaban J connectivity index is 1.92. The first-order chi connectivity index (χ1) is 8.55. The van der Waals surface area contributed by atoms with Gasteiger partial charge < -0.3 is 10.1 Å². The van der Waals surface area contributed by atoms with Crippen LogP contribution < -0.4 is 10.1 Å². The maximum atomic E-state index is 12.5. The van der Waals surface area contributed by atoms with Crippen LogP contribution in [0.5, 0.6) is 5.88 Å². The van der Waals surface area contributed by atoms with Gasteiger partial charge in [0.05, 0.1) is 12.2 Å². The highest BCUT2D eigenvalue weighted by atomic mass is 19.4. The molecular formula is C12H15F3N2O. The molecule has 0 amide bonds. The molecule has 0 spiro atoms. The van der Waals surface area contributed by atoms with E-state index in [1.165, 1.54) is 0 Å². The summed E-state index contributed by atoms with van der Waals surface area (Å²) in [6.45, 7) is 2.30. The van der Waals surface area contributed by atoms with Gasteiger partial charge in [0.15, 0.2) is 0 Å². The molecule has 6 heteroatoms. The first-order valence-corrected chi connectivity index (χ1v) is 5.92. The third-order valence-electron chi connectivity index (χ3n) is 2.99. The van der Waals surface area contributed by atoms with Crippen molar-refractivity contribution in [2.24, 2.45) is 5.92 Å². The standard InChI is InChI=1S/C12H15F3N2O/c13-12(14,15)10-3-6-17-11(7-10)18-8-9-1-4-16-5-2-9/h3,6-7,9,16H,1-2,4-5,8H2. The van der Waals surface area contributed by atoms with Gasteiger partial charge in [-0.3, -0.25) is 0 Å². The van der Waals surface area contributed by atoms with Crippen molar-refractivity contribution in [3.05, 3.63) is 23.9 Å². The number of rotatable bonds is 3. The van der Waals surface area contributed by atoms with Gasteiger partial charge in [0.2, 0.25) is 5.88 Å². The Labute approximate surface area is 103 Å². The van der Waals surface area contributed by atoms with Crippen LogP contribution in [0.15, 0.2) is 18.3 Å². The summed E-state index contributed by atoms with van der Waals surface area (Å²) >= 11 is 0. The zero-order valence-corrected chi connectivity index (χ0v) is 9.83. The predicted molar refractivity (Wildman–Crippen MR) is 60.3 cm³/mol. The van der Waals surface area contributed by atoms with Crippen LogP contribution in [-0.4, -0.2) is 24.7 Å². The van der Waals surface area contributed by atoms with E-state index in [9.17, 15) is 13.2 Å². The van der Waals surface area contributed by atoms with Crippen molar-refractivity contribution in [2.75, 3.05) is 19.7 Å². The van der Waals surface area contributed by atoms with Crippen molar-refractivity contribution in [2.45, 2.75) is 19.0 Å². The summed E-state index contributed by atoms with van der Waals surface area (Å²) in [7, 11) is 0. The highest BCUT2D eigenvalue weighted by molar-refractivity contribution is 5.22. The SMILES string of the molecule is FC(F)(F)c1ccnc(OCC2CCNCC2)c1. The number of piperidine rings is 1. The normalized spacial score (nSPS) is 17.7. The number of nitrogens with one attached hydrogen (secondary N) is 1. The molecule has 1 aromatic heterocycles. The quantitative estimate of drug-likeness (QED) is 0.906. The van der Waals surface area contributed by atoms with E-state index in [-0.39, 0.29) is 5.88 Å². The van der Waals surface area contributed by atoms with Crippen LogP contribution in [0, 0.1) is 5.92 Å². The van der Waals surface area contributed by atoms with Crippen molar-refractivity contribution in [1.29, 1.82) is 0 Å². The topological polar surface area (TPSA) is 34.1 Å². The molecule has 18 heavy (non-hydrogen) atoms. The largest absolute Gasteiger partial charge is 0.477 e. The number of aromatic nitrogens is 1. The number of pyridine rings is 1. The molecule has 1 N–H and O–H groups in total. The summed E-state index contributed by atoms with van der Waals surface area (Å²) in [6, 6.07) is 1.89. The molecule has 2 heterocycles. The lowest BCUT2D eigenvalue weighted by Gasteiger charge is -2.22. The van der Waals surface area contributed by atoms with Crippen molar-refractivity contribution >= 4 is 0 Å². The van der Waals surface area contributed by atoms with E-state index in [1.54, 1.807) is 0 Å². The highest BCUT2D eigenvalue weighted by Gasteiger charge is 2.31. The minimum atomic E-state index is -4.35. The van der Waals surface area contributed by atoms with Crippen molar-refractivity contribution in [3.63, 3.8) is 0 Å². The van der Waals surface area contributed by atoms with E-state index in [0.717, 1.165) is 44.3 Å². The lowest BCUT2D eigenvalue weighted by molar-refractivity contribution is -0.137. The van der Waals surface area contributed by atoms with Crippen LogP contribution in [0.4, 0.5) is 13.2 Å². The van der Waals surface area contributed by atoms with E-state index in [2.05, 4.69) is 10.3 Å². The number of alkyl halides is 3. The Bertz CT molecular complexity index is 389. The van der Waals surface area contributed by atoms with E-state index in [0.29, 0.717) is 12.5 Å². The maximum absolute atomic E-state index is 12.5. The van der Waals surface area contributed by atoms with Gasteiger partial charge in [0, 0.05) is 12.3 Å². The van der Waals surface area contributed by atoms with Gasteiger partial charge in [-0.05, 0) is 37.9 Å². The molecule has 0 aliphatic carbocycles. The second-order valence-corrected chi connectivity index (χ2v) is 4.38. The maximum Gasteiger partial charge on any atom is 0.416 e. The molecule has 2 rings (SSSR count). The third-order valence-corrected chi connectivity index (χ3v) is 2.99. The molecule has 1 aliphatic heterocycles. The molecule has 3 nitrogen and oxygen atoms in total. The summed E-state index contributed by atoms with van der Waals surface area (Å²) in [5.74, 6) is 0.436. The van der Waals surface area contributed by atoms with Crippen LogP contribution in [0.2, 0.25) is 0 Å². The Morgan fingerprint density at radius 1 is 1.33 bits per heavy atom. The second kappa shape index (κ2) is 5.56. The Kier molecular flexibility index (Phi) is 4.06. The van der Waals surface area contributed by atoms with Gasteiger partial charge in [-0.1, -0.05) is 0 Å². The van der Waals surface area contributed by atoms with Gasteiger partial charge >= 0.3 is 6.18 Å². The Morgan fingerprint density at radius 3 is 2.72 bits per heavy atom. The number of hydrogen-bond donors (Lipinski definition) is 1. The Morgan fingerprint density at radius 2 is 2.06 bits per heavy atom. The number of nitrogens with zero attached hydrogens (tertiary/aromatic N) is 1. The third kappa shape index (κ3) is 3.60. The minimum Gasteiger partial charge on any atom is -0.477 e. The fraction of sp³-hybridized carbons (Fsp3) is 0.583. The van der Waals surface area contributed by atoms with Gasteiger partial charge in [-0.25, -0.2) is 4.98 Å². The first-order valence-electron chi connectivity index (χ1n) is 5.92. The summed E-state index contributed by atoms with van der Waals surface area (Å²) in [6.07, 6.45) is -1.26. The number of halogens is 3. The van der Waals surface area contributed by atoms with E-state index in [4.69, 9.17) is 4.74 Å². The smallest absolute Gasteiger partial charge is 0.416 e. The zero-order valence-electron chi connectivity index (χ0n) is 9.83. The molecule has 0 unspecified atom stereocenters. The average molecular weight is 260 g/mol. The Hall–Kier alpha value is -1.30. The lowest BCUT2D eigenvalue weighted by Crippen LogP contribution is -2.30. The van der Waals surface area contributed by atoms with E-state index in [1.807, 2.05) is 0 Å². The van der Waals surface area contributed by atoms with Gasteiger partial charge in [-0.15, -0.1) is 0 Å². The zero-order chi connectivity index (χ0) is 13.0. The van der Waals surface area contributed by atoms with Crippen LogP contribution in [0.25, 0.3) is 0 Å². The van der Waals surface area contributed by atoms with E-state index < -0.39 is 11.7 Å². The molecular weight excluding hydrogens is 245 g/mol. The van der Waals surface area contributed by atoms with Gasteiger partial charge in [0.1, 0.15) is 0 Å². The van der Waals surface area contributed by atoms with Crippen LogP contribution in [0.3, 0.4) is 0 Å². The monoisotopic (exact) mass is 260 g/mol. The molecule has 0 saturated carbocycles. The van der Waals surface area contributed by atoms with Crippen LogP contribution in [0.1, 0.15) is 18.4 Å². The van der Waals surface area contributed by atoms with E-state index >= 15 is 0 Å². The molecule has 0 atom stereocenters. The summed E-state index contributed by atoms with van der Waals surface area (Å²) in [5, 5.41) is 3.22. The van der Waals surface area contributed by atoms with Gasteiger partial charge in [0.25, 0.3) is 0 Å². The molecule has 1 fully saturated rings. The van der Waals surface area contributed by atoms with Crippen LogP contribution in [-0.2, 0) is 6.18 Å². The number of hydrogen-bond acceptors (Lipinski definition) is 3. The molecule has 1 aromatic rings. The fourth-order valence-corrected chi connectivity index (χ4v) is 1.92. The highest BCUT2D eigenvalue weighted by Crippen LogP contribution is 2.30. The van der Waals surface area contributed by atoms with Crippen molar-refractivity contribution in [1.82, 2.24) is 10.3 Å². The predicted octanol–water partition coefficient (Wildman–Crippen LogP) is 2.48. The fourth-order valence-electron chi connectivity index (χ4n) is 1.92. The molecule has 0 aromatic carbocycles. The molecule has 0 bridgehead atoms. The second-order valence-electron chi connectivity index (χ2n) is 4.38. The van der Waals surface area contributed by atoms with Crippen LogP contribution >= 0.6 is 0 Å². The minimum absolute atomic E-state index is 0.0448. The molecule has 1 saturated heterocycles.